The smallest absolute Gasteiger partial charge is 0.137 e. The predicted molar refractivity (Wildman–Crippen MR) is 114 cm³/mol. The number of aromatic nitrogens is 2. The Morgan fingerprint density at radius 2 is 2.07 bits per heavy atom. The summed E-state index contributed by atoms with van der Waals surface area (Å²) >= 11 is 0. The summed E-state index contributed by atoms with van der Waals surface area (Å²) < 4.78 is 5.50. The molecule has 3 N–H and O–H groups in total. The van der Waals surface area contributed by atoms with Gasteiger partial charge in [0.1, 0.15) is 5.65 Å². The van der Waals surface area contributed by atoms with Crippen molar-refractivity contribution in [3.63, 3.8) is 0 Å². The van der Waals surface area contributed by atoms with Gasteiger partial charge in [0.25, 0.3) is 0 Å². The van der Waals surface area contributed by atoms with E-state index in [-0.39, 0.29) is 0 Å². The highest BCUT2D eigenvalue weighted by molar-refractivity contribution is 5.93. The molecule has 2 aliphatic rings. The minimum absolute atomic E-state index is 0.588. The number of rotatable bonds is 5. The van der Waals surface area contributed by atoms with E-state index in [0.29, 0.717) is 5.92 Å². The molecule has 2 aromatic rings. The average Bonchev–Trinajstić information content (AvgIpc) is 3.16. The number of hydrogen-bond donors (Lipinski definition) is 2. The van der Waals surface area contributed by atoms with Crippen LogP contribution in [0.5, 0.6) is 0 Å². The van der Waals surface area contributed by atoms with Crippen molar-refractivity contribution >= 4 is 16.6 Å². The first-order valence-corrected chi connectivity index (χ1v) is 10.3. The molecule has 6 nitrogen and oxygen atoms in total. The third-order valence-corrected chi connectivity index (χ3v) is 6.16. The van der Waals surface area contributed by atoms with Crippen molar-refractivity contribution in [1.82, 2.24) is 19.9 Å². The second kappa shape index (κ2) is 8.47. The highest BCUT2D eigenvalue weighted by atomic mass is 16.5. The number of H-pyrrole nitrogens is 1. The fourth-order valence-electron chi connectivity index (χ4n) is 4.65. The summed E-state index contributed by atoms with van der Waals surface area (Å²) in [6.07, 6.45) is 12.7. The lowest BCUT2D eigenvalue weighted by Crippen LogP contribution is -2.44. The molecule has 6 heteroatoms. The van der Waals surface area contributed by atoms with Crippen molar-refractivity contribution in [3.05, 3.63) is 48.4 Å². The van der Waals surface area contributed by atoms with Crippen molar-refractivity contribution in [2.75, 3.05) is 33.4 Å². The zero-order chi connectivity index (χ0) is 19.5. The van der Waals surface area contributed by atoms with Crippen LogP contribution in [0.1, 0.15) is 42.7 Å². The monoisotopic (exact) mass is 381 g/mol. The maximum Gasteiger partial charge on any atom is 0.137 e. The molecule has 0 radical (unpaired) electrons. The second-order valence-corrected chi connectivity index (χ2v) is 7.97. The van der Waals surface area contributed by atoms with E-state index in [9.17, 15) is 0 Å². The molecule has 4 rings (SSSR count). The number of hydrogen-bond acceptors (Lipinski definition) is 5. The molecule has 0 unspecified atom stereocenters. The molecular weight excluding hydrogens is 350 g/mol. The van der Waals surface area contributed by atoms with Crippen molar-refractivity contribution in [2.24, 2.45) is 5.84 Å². The van der Waals surface area contributed by atoms with Gasteiger partial charge in [0.2, 0.25) is 0 Å². The molecular formula is C22H31N5O. The molecule has 1 aliphatic heterocycles. The largest absolute Gasteiger partial charge is 0.379 e. The maximum absolute atomic E-state index is 5.81. The zero-order valence-electron chi connectivity index (χ0n) is 16.7. The summed E-state index contributed by atoms with van der Waals surface area (Å²) in [5.74, 6) is 6.40. The van der Waals surface area contributed by atoms with E-state index in [1.54, 1.807) is 5.01 Å². The number of fused-ring (bicyclic) bond motifs is 1. The Morgan fingerprint density at radius 1 is 1.32 bits per heavy atom. The number of ether oxygens (including phenoxy) is 1. The van der Waals surface area contributed by atoms with Crippen LogP contribution in [0.3, 0.4) is 0 Å². The summed E-state index contributed by atoms with van der Waals surface area (Å²) in [5, 5.41) is 2.70. The standard InChI is InChI=1S/C22H31N5O/c1-3-16(15-26(2)23)21-14-25-22-20(21)12-18(13-24-22)17-4-6-19(7-5-17)27-8-10-28-11-9-27/h3,12-15,17,19H,1,4-11,23H2,2H3,(H,24,25)/b16-15+/t17-,19+. The molecule has 1 saturated carbocycles. The first kappa shape index (κ1) is 19.2. The highest BCUT2D eigenvalue weighted by Crippen LogP contribution is 2.36. The molecule has 1 aliphatic carbocycles. The van der Waals surface area contributed by atoms with Gasteiger partial charge in [-0.25, -0.2) is 10.8 Å². The van der Waals surface area contributed by atoms with Crippen LogP contribution in [0, 0.1) is 0 Å². The zero-order valence-corrected chi connectivity index (χ0v) is 16.7. The molecule has 150 valence electrons. The normalized spacial score (nSPS) is 24.4. The summed E-state index contributed by atoms with van der Waals surface area (Å²) in [6.45, 7) is 7.88. The van der Waals surface area contributed by atoms with Gasteiger partial charge < -0.3 is 14.7 Å². The minimum atomic E-state index is 0.588. The summed E-state index contributed by atoms with van der Waals surface area (Å²) in [7, 11) is 1.81. The fraction of sp³-hybridized carbons (Fsp3) is 0.500. The Morgan fingerprint density at radius 3 is 2.75 bits per heavy atom. The maximum atomic E-state index is 5.81. The Labute approximate surface area is 167 Å². The van der Waals surface area contributed by atoms with E-state index < -0.39 is 0 Å². The Hall–Kier alpha value is -2.15. The van der Waals surface area contributed by atoms with Crippen LogP contribution in [0.2, 0.25) is 0 Å². The van der Waals surface area contributed by atoms with Gasteiger partial charge in [-0.3, -0.25) is 4.90 Å². The van der Waals surface area contributed by atoms with Gasteiger partial charge in [-0.15, -0.1) is 0 Å². The summed E-state index contributed by atoms with van der Waals surface area (Å²) in [4.78, 5) is 10.6. The lowest BCUT2D eigenvalue weighted by molar-refractivity contribution is 0.00729. The van der Waals surface area contributed by atoms with Crippen LogP contribution >= 0.6 is 0 Å². The molecule has 0 amide bonds. The van der Waals surface area contributed by atoms with Crippen LogP contribution in [0.15, 0.2) is 37.3 Å². The van der Waals surface area contributed by atoms with Crippen LogP contribution in [-0.4, -0.2) is 59.3 Å². The van der Waals surface area contributed by atoms with Crippen LogP contribution in [-0.2, 0) is 4.74 Å². The summed E-state index contributed by atoms with van der Waals surface area (Å²) in [5.41, 5.74) is 4.34. The molecule has 2 aromatic heterocycles. The van der Waals surface area contributed by atoms with Gasteiger partial charge in [-0.05, 0) is 43.2 Å². The van der Waals surface area contributed by atoms with E-state index in [4.69, 9.17) is 15.6 Å². The lowest BCUT2D eigenvalue weighted by Gasteiger charge is -2.38. The van der Waals surface area contributed by atoms with Crippen molar-refractivity contribution in [2.45, 2.75) is 37.6 Å². The number of allylic oxidation sites excluding steroid dienone is 2. The molecule has 3 heterocycles. The van der Waals surface area contributed by atoms with Crippen LogP contribution in [0.25, 0.3) is 16.6 Å². The van der Waals surface area contributed by atoms with Gasteiger partial charge in [-0.2, -0.15) is 0 Å². The van der Waals surface area contributed by atoms with Gasteiger partial charge in [0.05, 0.1) is 13.2 Å². The quantitative estimate of drug-likeness (QED) is 0.473. The molecule has 2 fully saturated rings. The molecule has 28 heavy (non-hydrogen) atoms. The van der Waals surface area contributed by atoms with E-state index in [1.807, 2.05) is 25.5 Å². The molecule has 0 bridgehead atoms. The first-order valence-electron chi connectivity index (χ1n) is 10.3. The van der Waals surface area contributed by atoms with Crippen molar-refractivity contribution < 1.29 is 4.74 Å². The highest BCUT2D eigenvalue weighted by Gasteiger charge is 2.28. The predicted octanol–water partition coefficient (Wildman–Crippen LogP) is 3.25. The van der Waals surface area contributed by atoms with E-state index in [1.165, 1.54) is 31.2 Å². The van der Waals surface area contributed by atoms with Crippen LogP contribution < -0.4 is 5.84 Å². The third kappa shape index (κ3) is 3.99. The number of morpholine rings is 1. The van der Waals surface area contributed by atoms with Gasteiger partial charge in [0, 0.05) is 61.3 Å². The topological polar surface area (TPSA) is 70.4 Å². The number of nitrogens with two attached hydrogens (primary N) is 1. The van der Waals surface area contributed by atoms with E-state index in [2.05, 4.69) is 28.7 Å². The number of hydrazine groups is 1. The van der Waals surface area contributed by atoms with Gasteiger partial charge in [0.15, 0.2) is 0 Å². The lowest BCUT2D eigenvalue weighted by atomic mass is 9.81. The first-order chi connectivity index (χ1) is 13.7. The summed E-state index contributed by atoms with van der Waals surface area (Å²) in [6, 6.07) is 3.02. The Kier molecular flexibility index (Phi) is 5.80. The number of nitrogens with one attached hydrogen (secondary N) is 1. The number of aromatic amines is 1. The van der Waals surface area contributed by atoms with E-state index >= 15 is 0 Å². The van der Waals surface area contributed by atoms with Crippen molar-refractivity contribution in [1.29, 1.82) is 0 Å². The number of nitrogens with zero attached hydrogens (tertiary/aromatic N) is 3. The minimum Gasteiger partial charge on any atom is -0.379 e. The average molecular weight is 382 g/mol. The second-order valence-electron chi connectivity index (χ2n) is 7.97. The number of pyridine rings is 1. The Bertz CT molecular complexity index is 842. The van der Waals surface area contributed by atoms with Crippen LogP contribution in [0.4, 0.5) is 0 Å². The van der Waals surface area contributed by atoms with Gasteiger partial charge >= 0.3 is 0 Å². The molecule has 0 atom stereocenters. The SMILES string of the molecule is C=C/C(=C\N(C)N)c1c[nH]c2ncc([C@H]3CC[C@@H](N4CCOCC4)CC3)cc12. The third-order valence-electron chi connectivity index (χ3n) is 6.16. The van der Waals surface area contributed by atoms with Gasteiger partial charge in [-0.1, -0.05) is 12.7 Å². The molecule has 0 aromatic carbocycles. The molecule has 1 saturated heterocycles. The fourth-order valence-corrected chi connectivity index (χ4v) is 4.65. The Balaban J connectivity index is 1.52. The van der Waals surface area contributed by atoms with Crippen molar-refractivity contribution in [3.8, 4) is 0 Å². The molecule has 0 spiro atoms. The van der Waals surface area contributed by atoms with E-state index in [0.717, 1.165) is 54.5 Å².